The van der Waals surface area contributed by atoms with Crippen LogP contribution < -0.4 is 4.87 Å². The molecule has 10 heteroatoms. The Labute approximate surface area is 171 Å². The van der Waals surface area contributed by atoms with Crippen LogP contribution in [0.25, 0.3) is 11.6 Å². The van der Waals surface area contributed by atoms with E-state index in [-0.39, 0.29) is 23.9 Å². The van der Waals surface area contributed by atoms with Crippen molar-refractivity contribution in [1.29, 1.82) is 0 Å². The van der Waals surface area contributed by atoms with Crippen LogP contribution in [0.5, 0.6) is 5.88 Å². The fourth-order valence-corrected chi connectivity index (χ4v) is 6.09. The van der Waals surface area contributed by atoms with Crippen molar-refractivity contribution in [2.75, 3.05) is 18.6 Å². The predicted molar refractivity (Wildman–Crippen MR) is 113 cm³/mol. The summed E-state index contributed by atoms with van der Waals surface area (Å²) in [6.07, 6.45) is 3.72. The SMILES string of the molecule is CN(C(=O)Cn1c(O)c(/C=C2\C=Nc3ccccc32)sc1=O)C1CCS(=O)(=O)C1. The summed E-state index contributed by atoms with van der Waals surface area (Å²) in [6.45, 7) is -0.345. The quantitative estimate of drug-likeness (QED) is 0.786. The normalized spacial score (nSPS) is 20.9. The summed E-state index contributed by atoms with van der Waals surface area (Å²) in [4.78, 5) is 30.4. The largest absolute Gasteiger partial charge is 0.493 e. The number of allylic oxidation sites excluding steroid dienone is 1. The topological polar surface area (TPSA) is 109 Å². The molecule has 2 aromatic rings. The number of aliphatic imine (C=N–C) groups is 1. The summed E-state index contributed by atoms with van der Waals surface area (Å²) < 4.78 is 24.3. The predicted octanol–water partition coefficient (Wildman–Crippen LogP) is 1.52. The molecule has 29 heavy (non-hydrogen) atoms. The first-order valence-electron chi connectivity index (χ1n) is 8.99. The van der Waals surface area contributed by atoms with Gasteiger partial charge in [-0.25, -0.2) is 8.42 Å². The minimum Gasteiger partial charge on any atom is -0.493 e. The summed E-state index contributed by atoms with van der Waals surface area (Å²) in [5.74, 6) is -0.726. The number of fused-ring (bicyclic) bond motifs is 1. The second kappa shape index (κ2) is 7.27. The fourth-order valence-electron chi connectivity index (χ4n) is 3.47. The summed E-state index contributed by atoms with van der Waals surface area (Å²) in [5, 5.41) is 10.5. The number of thiazole rings is 1. The molecule has 3 heterocycles. The molecule has 152 valence electrons. The van der Waals surface area contributed by atoms with Crippen LogP contribution in [0.1, 0.15) is 16.9 Å². The van der Waals surface area contributed by atoms with Gasteiger partial charge in [-0.15, -0.1) is 0 Å². The van der Waals surface area contributed by atoms with Crippen LogP contribution in [-0.4, -0.2) is 59.7 Å². The van der Waals surface area contributed by atoms with Gasteiger partial charge in [-0.3, -0.25) is 19.1 Å². The van der Waals surface area contributed by atoms with Crippen molar-refractivity contribution in [2.24, 2.45) is 4.99 Å². The Morgan fingerprint density at radius 1 is 1.41 bits per heavy atom. The third-order valence-electron chi connectivity index (χ3n) is 5.18. The molecule has 0 aliphatic carbocycles. The van der Waals surface area contributed by atoms with E-state index >= 15 is 0 Å². The van der Waals surface area contributed by atoms with E-state index in [0.29, 0.717) is 11.3 Å². The highest BCUT2D eigenvalue weighted by molar-refractivity contribution is 7.91. The Kier molecular flexibility index (Phi) is 4.91. The number of rotatable bonds is 4. The zero-order valence-electron chi connectivity index (χ0n) is 15.6. The summed E-state index contributed by atoms with van der Waals surface area (Å²) >= 11 is 0.841. The monoisotopic (exact) mass is 433 g/mol. The smallest absolute Gasteiger partial charge is 0.311 e. The molecule has 2 aliphatic rings. The molecule has 1 atom stereocenters. The van der Waals surface area contributed by atoms with E-state index in [1.807, 2.05) is 24.3 Å². The molecule has 1 unspecified atom stereocenters. The first kappa shape index (κ1) is 19.6. The summed E-state index contributed by atoms with van der Waals surface area (Å²) in [6, 6.07) is 7.13. The van der Waals surface area contributed by atoms with E-state index in [4.69, 9.17) is 0 Å². The van der Waals surface area contributed by atoms with Crippen molar-refractivity contribution in [2.45, 2.75) is 19.0 Å². The first-order chi connectivity index (χ1) is 13.7. The molecule has 1 N–H and O–H groups in total. The number of amides is 1. The molecule has 1 fully saturated rings. The number of hydrogen-bond donors (Lipinski definition) is 1. The molecule has 2 aliphatic heterocycles. The van der Waals surface area contributed by atoms with Crippen LogP contribution in [0.15, 0.2) is 34.1 Å². The summed E-state index contributed by atoms with van der Waals surface area (Å²) in [5.41, 5.74) is 2.48. The minimum atomic E-state index is -3.13. The zero-order chi connectivity index (χ0) is 20.8. The van der Waals surface area contributed by atoms with Crippen molar-refractivity contribution < 1.29 is 18.3 Å². The van der Waals surface area contributed by atoms with E-state index in [0.717, 1.165) is 32.7 Å². The van der Waals surface area contributed by atoms with Gasteiger partial charge in [0.25, 0.3) is 0 Å². The molecule has 1 amide bonds. The van der Waals surface area contributed by atoms with Crippen LogP contribution in [0, 0.1) is 0 Å². The van der Waals surface area contributed by atoms with Gasteiger partial charge in [0.1, 0.15) is 6.54 Å². The number of para-hydroxylation sites is 1. The highest BCUT2D eigenvalue weighted by Crippen LogP contribution is 2.34. The first-order valence-corrected chi connectivity index (χ1v) is 11.6. The molecule has 0 saturated carbocycles. The van der Waals surface area contributed by atoms with Crippen LogP contribution >= 0.6 is 11.3 Å². The number of carbonyl (C=O) groups excluding carboxylic acids is 1. The van der Waals surface area contributed by atoms with Crippen molar-refractivity contribution in [3.05, 3.63) is 44.4 Å². The van der Waals surface area contributed by atoms with Gasteiger partial charge in [0, 0.05) is 30.4 Å². The second-order valence-electron chi connectivity index (χ2n) is 7.08. The maximum absolute atomic E-state index is 12.6. The van der Waals surface area contributed by atoms with Crippen LogP contribution in [0.4, 0.5) is 5.69 Å². The molecule has 1 aromatic carbocycles. The van der Waals surface area contributed by atoms with Crippen molar-refractivity contribution >= 4 is 50.6 Å². The van der Waals surface area contributed by atoms with Gasteiger partial charge in [-0.2, -0.15) is 0 Å². The average molecular weight is 434 g/mol. The van der Waals surface area contributed by atoms with E-state index in [1.165, 1.54) is 11.9 Å². The molecule has 1 saturated heterocycles. The number of hydrogen-bond acceptors (Lipinski definition) is 7. The molecule has 8 nitrogen and oxygen atoms in total. The van der Waals surface area contributed by atoms with Gasteiger partial charge in [0.05, 0.1) is 22.1 Å². The Balaban J connectivity index is 1.56. The standard InChI is InChI=1S/C19H19N3O5S2/c1-21(13-6-7-29(26,27)11-13)17(23)10-22-18(24)16(28-19(22)25)8-12-9-20-15-5-3-2-4-14(12)15/h2-5,8-9,13,24H,6-7,10-11H2,1H3/b12-8+. The van der Waals surface area contributed by atoms with Gasteiger partial charge in [0.15, 0.2) is 9.84 Å². The Bertz CT molecular complexity index is 1210. The second-order valence-corrected chi connectivity index (χ2v) is 10.3. The van der Waals surface area contributed by atoms with Gasteiger partial charge >= 0.3 is 4.87 Å². The minimum absolute atomic E-state index is 0.0552. The number of sulfone groups is 1. The lowest BCUT2D eigenvalue weighted by molar-refractivity contribution is -0.132. The zero-order valence-corrected chi connectivity index (χ0v) is 17.2. The van der Waals surface area contributed by atoms with Crippen molar-refractivity contribution in [3.63, 3.8) is 0 Å². The van der Waals surface area contributed by atoms with Gasteiger partial charge in [0.2, 0.25) is 11.8 Å². The lowest BCUT2D eigenvalue weighted by Crippen LogP contribution is -2.40. The maximum Gasteiger partial charge on any atom is 0.311 e. The molecule has 0 radical (unpaired) electrons. The highest BCUT2D eigenvalue weighted by Gasteiger charge is 2.33. The number of aromatic nitrogens is 1. The summed E-state index contributed by atoms with van der Waals surface area (Å²) in [7, 11) is -1.60. The molecule has 1 aromatic heterocycles. The molecular weight excluding hydrogens is 414 g/mol. The third-order valence-corrected chi connectivity index (χ3v) is 7.85. The maximum atomic E-state index is 12.6. The molecule has 0 spiro atoms. The Hall–Kier alpha value is -2.72. The van der Waals surface area contributed by atoms with Crippen LogP contribution in [0.2, 0.25) is 0 Å². The van der Waals surface area contributed by atoms with Gasteiger partial charge in [-0.05, 0) is 18.6 Å². The highest BCUT2D eigenvalue weighted by atomic mass is 32.2. The van der Waals surface area contributed by atoms with Crippen LogP contribution in [-0.2, 0) is 21.2 Å². The number of benzene rings is 1. The lowest BCUT2D eigenvalue weighted by Gasteiger charge is -2.23. The Morgan fingerprint density at radius 2 is 2.17 bits per heavy atom. The van der Waals surface area contributed by atoms with E-state index < -0.39 is 26.7 Å². The fraction of sp³-hybridized carbons (Fsp3) is 0.316. The van der Waals surface area contributed by atoms with E-state index in [2.05, 4.69) is 4.99 Å². The number of aromatic hydroxyl groups is 1. The molecular formula is C19H19N3O5S2. The number of nitrogens with zero attached hydrogens (tertiary/aromatic N) is 3. The molecule has 0 bridgehead atoms. The van der Waals surface area contributed by atoms with Crippen LogP contribution in [0.3, 0.4) is 0 Å². The van der Waals surface area contributed by atoms with Gasteiger partial charge < -0.3 is 10.0 Å². The van der Waals surface area contributed by atoms with E-state index in [9.17, 15) is 23.1 Å². The number of carbonyl (C=O) groups is 1. The third kappa shape index (κ3) is 3.77. The lowest BCUT2D eigenvalue weighted by atomic mass is 10.1. The van der Waals surface area contributed by atoms with E-state index in [1.54, 1.807) is 12.3 Å². The average Bonchev–Trinajstić information content (AvgIpc) is 3.33. The Morgan fingerprint density at radius 3 is 2.90 bits per heavy atom. The van der Waals surface area contributed by atoms with Crippen molar-refractivity contribution in [1.82, 2.24) is 9.47 Å². The number of likely N-dealkylation sites (N-methyl/N-ethyl adjacent to an activating group) is 1. The van der Waals surface area contributed by atoms with Gasteiger partial charge in [-0.1, -0.05) is 29.5 Å². The molecule has 4 rings (SSSR count). The van der Waals surface area contributed by atoms with Crippen molar-refractivity contribution in [3.8, 4) is 5.88 Å².